The largest absolute Gasteiger partial charge is 0.378 e. The second-order valence-corrected chi connectivity index (χ2v) is 39.8. The van der Waals surface area contributed by atoms with Crippen molar-refractivity contribution in [3.8, 4) is 91.9 Å². The molecule has 0 bridgehead atoms. The fourth-order valence-corrected chi connectivity index (χ4v) is 26.4. The van der Waals surface area contributed by atoms with Crippen LogP contribution in [0.25, 0.3) is 44.5 Å². The number of amidine groups is 4. The van der Waals surface area contributed by atoms with Crippen molar-refractivity contribution in [2.75, 3.05) is 0 Å². The third-order valence-corrected chi connectivity index (χ3v) is 32.8. The number of benzene rings is 4. The van der Waals surface area contributed by atoms with E-state index in [-0.39, 0.29) is 33.5 Å². The van der Waals surface area contributed by atoms with Crippen molar-refractivity contribution >= 4 is 113 Å². The Hall–Kier alpha value is -7.64. The lowest BCUT2D eigenvalue weighted by molar-refractivity contribution is -0.199. The van der Waals surface area contributed by atoms with Gasteiger partial charge >= 0.3 is 0 Å². The minimum atomic E-state index is -3.48. The van der Waals surface area contributed by atoms with Crippen LogP contribution in [0.3, 0.4) is 0 Å². The first kappa shape index (κ1) is 85.2. The third-order valence-electron chi connectivity index (χ3n) is 22.9. The molecule has 4 fully saturated rings. The molecule has 4 aliphatic carbocycles. The molecule has 8 N–H and O–H groups in total. The van der Waals surface area contributed by atoms with E-state index in [0.717, 1.165) is 133 Å². The van der Waals surface area contributed by atoms with Crippen LogP contribution in [0.1, 0.15) is 181 Å². The third kappa shape index (κ3) is 15.3. The molecule has 602 valence electrons. The SMILES string of the molecule is CC#Cc1cccc(-c2csc(C3(C)N=C(N)SC4(CC(F)(F)C4)C3(F)F)c2)c1.CC#Cc1cccc(-c2csc(C3(C)N=C(N)SC4(CCC(F)(F)CC4)C3(F)F)c2)c1.CC#Cc1cccc(-c2csc(C3(C)N=C(N)SC4(CCC4)C3(F)F)c2)c1.CC#Cc1cccc(-c2csc(C3(C)N=C(N)SC4(CCCC4)C3(F)F)c2)c1. The number of nitrogens with two attached hydrogens (primary N) is 4. The minimum absolute atomic E-state index is 0.0220. The van der Waals surface area contributed by atoms with E-state index >= 15 is 35.1 Å². The number of rotatable bonds is 8. The minimum Gasteiger partial charge on any atom is -0.378 e. The fraction of sp³-hybridized carbons (Fsp3) is 0.402. The van der Waals surface area contributed by atoms with Crippen molar-refractivity contribution in [2.45, 2.75) is 216 Å². The number of halogens is 12. The van der Waals surface area contributed by atoms with Crippen LogP contribution in [-0.4, -0.2) is 75.2 Å². The van der Waals surface area contributed by atoms with Gasteiger partial charge in [0.25, 0.3) is 29.6 Å². The maximum absolute atomic E-state index is 16.0. The number of hydrogen-bond donors (Lipinski definition) is 4. The second kappa shape index (κ2) is 31.6. The average molecular weight is 1720 g/mol. The maximum Gasteiger partial charge on any atom is 0.292 e. The number of hydrogen-bond acceptors (Lipinski definition) is 16. The van der Waals surface area contributed by atoms with Crippen molar-refractivity contribution in [2.24, 2.45) is 42.9 Å². The number of aliphatic imine (C=N–C) groups is 4. The maximum atomic E-state index is 16.0. The van der Waals surface area contributed by atoms with Gasteiger partial charge in [0.1, 0.15) is 4.75 Å². The topological polar surface area (TPSA) is 154 Å². The quantitative estimate of drug-likeness (QED) is 0.0866. The van der Waals surface area contributed by atoms with Crippen molar-refractivity contribution < 1.29 is 52.7 Å². The predicted molar refractivity (Wildman–Crippen MR) is 456 cm³/mol. The molecule has 4 spiro atoms. The van der Waals surface area contributed by atoms with E-state index < -0.39 is 102 Å². The Kier molecular flexibility index (Phi) is 23.4. The molecule has 0 saturated heterocycles. The van der Waals surface area contributed by atoms with Crippen LogP contribution in [0.5, 0.6) is 0 Å². The first-order valence-corrected chi connectivity index (χ1v) is 43.9. The lowest BCUT2D eigenvalue weighted by Gasteiger charge is -2.56. The summed E-state index contributed by atoms with van der Waals surface area (Å²) in [5.74, 6) is 4.71. The highest BCUT2D eigenvalue weighted by Crippen LogP contribution is 2.70. The monoisotopic (exact) mass is 1720 g/mol. The van der Waals surface area contributed by atoms with Gasteiger partial charge in [-0.3, -0.25) is 0 Å². The molecule has 8 aliphatic rings. The summed E-state index contributed by atoms with van der Waals surface area (Å²) in [4.78, 5) is 18.6. The first-order valence-electron chi connectivity index (χ1n) is 37.1. The highest BCUT2D eigenvalue weighted by Gasteiger charge is 2.77. The second-order valence-electron chi connectivity index (χ2n) is 30.5. The summed E-state index contributed by atoms with van der Waals surface area (Å²) >= 11 is 8.44. The van der Waals surface area contributed by atoms with E-state index in [9.17, 15) is 17.6 Å². The van der Waals surface area contributed by atoms with Crippen LogP contribution >= 0.6 is 92.4 Å². The fourth-order valence-electron chi connectivity index (χ4n) is 16.4. The Bertz CT molecular complexity index is 5440. The van der Waals surface area contributed by atoms with Gasteiger partial charge in [-0.2, -0.15) is 0 Å². The summed E-state index contributed by atoms with van der Waals surface area (Å²) in [5.41, 5.74) is 27.2. The zero-order valence-electron chi connectivity index (χ0n) is 63.9. The van der Waals surface area contributed by atoms with Crippen LogP contribution in [0.4, 0.5) is 52.7 Å². The Morgan fingerprint density at radius 2 is 0.539 bits per heavy atom. The zero-order valence-corrected chi connectivity index (χ0v) is 70.5. The molecular weight excluding hydrogens is 1640 g/mol. The van der Waals surface area contributed by atoms with Gasteiger partial charge < -0.3 is 22.9 Å². The van der Waals surface area contributed by atoms with Gasteiger partial charge in [-0.15, -0.1) is 69.0 Å². The highest BCUT2D eigenvalue weighted by molar-refractivity contribution is 8.16. The molecule has 0 radical (unpaired) electrons. The van der Waals surface area contributed by atoms with Gasteiger partial charge in [0, 0.05) is 67.4 Å². The lowest BCUT2D eigenvalue weighted by Crippen LogP contribution is -2.68. The van der Waals surface area contributed by atoms with Crippen molar-refractivity contribution in [3.63, 3.8) is 0 Å². The summed E-state index contributed by atoms with van der Waals surface area (Å²) in [7, 11) is 0. The summed E-state index contributed by atoms with van der Waals surface area (Å²) in [6.07, 6.45) is 0.794. The first-order chi connectivity index (χ1) is 54.2. The molecule has 28 heteroatoms. The highest BCUT2D eigenvalue weighted by atomic mass is 32.2. The van der Waals surface area contributed by atoms with Crippen LogP contribution in [0.2, 0.25) is 0 Å². The molecule has 115 heavy (non-hydrogen) atoms. The number of thiophene rings is 4. The summed E-state index contributed by atoms with van der Waals surface area (Å²) in [6, 6.07) is 37.7. The van der Waals surface area contributed by atoms with Crippen LogP contribution in [-0.2, 0) is 22.2 Å². The molecule has 4 aromatic heterocycles. The van der Waals surface area contributed by atoms with Gasteiger partial charge in [-0.25, -0.2) is 72.7 Å². The molecule has 8 nitrogen and oxygen atoms in total. The van der Waals surface area contributed by atoms with E-state index in [4.69, 9.17) is 22.9 Å². The molecule has 0 amide bonds. The van der Waals surface area contributed by atoms with Gasteiger partial charge in [0.2, 0.25) is 5.92 Å². The van der Waals surface area contributed by atoms with E-state index in [2.05, 4.69) is 67.3 Å². The number of thioether (sulfide) groups is 4. The molecule has 4 saturated carbocycles. The van der Waals surface area contributed by atoms with Gasteiger partial charge in [-0.05, 0) is 233 Å². The standard InChI is InChI=1S/C23H22F4N2S2.C22H22F2N2S2.C21H18F4N2S2.C21H20F2N2S2/c1-3-5-15-6-4-7-16(12-15)17-13-18(30-14-17)20(2)23(26,27)21(31-19(28)29-20)8-10-22(24,25)11-9-21;1-3-7-15-8-6-9-16(12-15)17-13-18(27-14-17)20(2)22(23,24)21(10-4-5-11-21)28-19(25)26-20;1-3-5-13-6-4-7-14(8-13)15-9-16(28-10-15)18(2)21(24,25)19(29-17(26)27-18)11-20(22,23)12-19;1-3-6-14-7-4-8-15(11-14)16-12-17(26-13-16)19(2)21(22,23)20(9-5-10-20)27-18(24)25-19/h4,6-7,12-14H,8-11H2,1-2H3,(H2,28,29);6,8-9,12-14H,4-5,10-11H2,1-2H3,(H2,25,26);4,6-10H,11-12H2,1-2H3,(H2,26,27);4,7-8,11-13H,5,9-10H2,1-2H3,(H2,24,25). The van der Waals surface area contributed by atoms with Crippen molar-refractivity contribution in [3.05, 3.63) is 185 Å². The predicted octanol–water partition coefficient (Wildman–Crippen LogP) is 24.1. The lowest BCUT2D eigenvalue weighted by atomic mass is 9.69. The smallest absolute Gasteiger partial charge is 0.292 e. The molecular formula is C87H82F12N8S8. The number of nitrogens with zero attached hydrogens (tertiary/aromatic N) is 4. The van der Waals surface area contributed by atoms with E-state index in [1.807, 2.05) is 125 Å². The molecule has 16 rings (SSSR count). The van der Waals surface area contributed by atoms with Crippen LogP contribution < -0.4 is 22.9 Å². The van der Waals surface area contributed by atoms with E-state index in [0.29, 0.717) is 57.0 Å². The van der Waals surface area contributed by atoms with Crippen LogP contribution in [0, 0.1) is 47.4 Å². The average Bonchev–Trinajstić information content (AvgIpc) is 1.63. The molecule has 8 heterocycles. The van der Waals surface area contributed by atoms with E-state index in [1.165, 1.54) is 61.7 Å². The van der Waals surface area contributed by atoms with E-state index in [1.54, 1.807) is 45.2 Å². The zero-order chi connectivity index (χ0) is 82.9. The molecule has 4 unspecified atom stereocenters. The molecule has 4 aliphatic heterocycles. The molecule has 4 atom stereocenters. The summed E-state index contributed by atoms with van der Waals surface area (Å²) in [6.45, 7) is 12.8. The Balaban J connectivity index is 0.000000134. The molecule has 4 aromatic carbocycles. The Morgan fingerprint density at radius 3 is 0.783 bits per heavy atom. The van der Waals surface area contributed by atoms with Gasteiger partial charge in [0.05, 0.1) is 14.2 Å². The van der Waals surface area contributed by atoms with Crippen molar-refractivity contribution in [1.82, 2.24) is 0 Å². The summed E-state index contributed by atoms with van der Waals surface area (Å²) in [5, 5.41) is 7.89. The van der Waals surface area contributed by atoms with Gasteiger partial charge in [0.15, 0.2) is 42.8 Å². The van der Waals surface area contributed by atoms with Gasteiger partial charge in [-0.1, -0.05) is 139 Å². The Morgan fingerprint density at radius 1 is 0.296 bits per heavy atom. The number of alkyl halides is 12. The summed E-state index contributed by atoms with van der Waals surface area (Å²) < 4.78 is 175. The molecule has 8 aromatic rings. The van der Waals surface area contributed by atoms with Crippen molar-refractivity contribution in [1.29, 1.82) is 0 Å². The van der Waals surface area contributed by atoms with Crippen LogP contribution in [0.15, 0.2) is 163 Å². The normalized spacial score (nSPS) is 25.7. The Labute approximate surface area is 695 Å².